The molecule has 8 heteroatoms. The van der Waals surface area contributed by atoms with Crippen LogP contribution < -0.4 is 5.32 Å². The maximum absolute atomic E-state index is 12.1. The molecule has 2 atom stereocenters. The lowest BCUT2D eigenvalue weighted by atomic mass is 10.2. The molecule has 0 aromatic heterocycles. The minimum atomic E-state index is -1.13. The Morgan fingerprint density at radius 2 is 2.15 bits per heavy atom. The lowest BCUT2D eigenvalue weighted by molar-refractivity contribution is -0.141. The molecule has 1 aromatic carbocycles. The molecule has 1 aromatic rings. The van der Waals surface area contributed by atoms with Gasteiger partial charge in [-0.2, -0.15) is 0 Å². The minimum Gasteiger partial charge on any atom is -0.480 e. The molecule has 2 rings (SSSR count). The topological polar surface area (TPSA) is 89.9 Å². The Hall–Kier alpha value is -1.31. The zero-order chi connectivity index (χ0) is 14.9. The van der Waals surface area contributed by atoms with E-state index in [9.17, 15) is 14.7 Å². The SMILES string of the molecule is O=C(O)[C@H]1C[C@@H](O)CN1C(=O)Nc1ccc(Br)c(Cl)c1. The van der Waals surface area contributed by atoms with Gasteiger partial charge in [-0.25, -0.2) is 9.59 Å². The van der Waals surface area contributed by atoms with Gasteiger partial charge < -0.3 is 20.4 Å². The van der Waals surface area contributed by atoms with E-state index in [1.165, 1.54) is 0 Å². The van der Waals surface area contributed by atoms with Crippen LogP contribution in [0.15, 0.2) is 22.7 Å². The molecule has 0 radical (unpaired) electrons. The van der Waals surface area contributed by atoms with Gasteiger partial charge in [-0.3, -0.25) is 0 Å². The first-order valence-electron chi connectivity index (χ1n) is 5.82. The number of benzene rings is 1. The third-order valence-corrected chi connectivity index (χ3v) is 4.23. The Bertz CT molecular complexity index is 554. The molecule has 0 aliphatic carbocycles. The van der Waals surface area contributed by atoms with E-state index in [1.807, 2.05) is 0 Å². The summed E-state index contributed by atoms with van der Waals surface area (Å²) in [5.41, 5.74) is 0.453. The van der Waals surface area contributed by atoms with Crippen LogP contribution in [0.2, 0.25) is 5.02 Å². The number of hydrogen-bond donors (Lipinski definition) is 3. The van der Waals surface area contributed by atoms with Crippen molar-refractivity contribution in [1.29, 1.82) is 0 Å². The van der Waals surface area contributed by atoms with Gasteiger partial charge in [-0.15, -0.1) is 0 Å². The van der Waals surface area contributed by atoms with Crippen molar-refractivity contribution in [2.75, 3.05) is 11.9 Å². The first-order chi connectivity index (χ1) is 9.38. The monoisotopic (exact) mass is 362 g/mol. The number of aliphatic hydroxyl groups excluding tert-OH is 1. The molecule has 108 valence electrons. The molecule has 1 aliphatic rings. The van der Waals surface area contributed by atoms with Gasteiger partial charge in [0.05, 0.1) is 11.1 Å². The minimum absolute atomic E-state index is 0.00688. The van der Waals surface area contributed by atoms with Crippen LogP contribution in [0.3, 0.4) is 0 Å². The Labute approximate surface area is 128 Å². The number of likely N-dealkylation sites (tertiary alicyclic amines) is 1. The second-order valence-corrected chi connectivity index (χ2v) is 5.72. The van der Waals surface area contributed by atoms with E-state index < -0.39 is 24.1 Å². The fraction of sp³-hybridized carbons (Fsp3) is 0.333. The zero-order valence-electron chi connectivity index (χ0n) is 10.2. The number of carbonyl (C=O) groups excluding carboxylic acids is 1. The molecule has 3 N–H and O–H groups in total. The average molecular weight is 364 g/mol. The second-order valence-electron chi connectivity index (χ2n) is 4.45. The van der Waals surface area contributed by atoms with Gasteiger partial charge in [0.15, 0.2) is 0 Å². The van der Waals surface area contributed by atoms with E-state index in [0.717, 1.165) is 4.90 Å². The number of carbonyl (C=O) groups is 2. The predicted octanol–water partition coefficient (Wildman–Crippen LogP) is 2.15. The third kappa shape index (κ3) is 3.23. The number of rotatable bonds is 2. The number of nitrogens with one attached hydrogen (secondary N) is 1. The lowest BCUT2D eigenvalue weighted by Gasteiger charge is -2.21. The number of carboxylic acids is 1. The number of amides is 2. The number of halogens is 2. The van der Waals surface area contributed by atoms with E-state index in [4.69, 9.17) is 16.7 Å². The molecule has 1 aliphatic heterocycles. The molecule has 0 unspecified atom stereocenters. The number of hydrogen-bond acceptors (Lipinski definition) is 3. The van der Waals surface area contributed by atoms with Gasteiger partial charge in [-0.1, -0.05) is 11.6 Å². The number of urea groups is 1. The van der Waals surface area contributed by atoms with E-state index in [-0.39, 0.29) is 13.0 Å². The molecule has 0 bridgehead atoms. The summed E-state index contributed by atoms with van der Waals surface area (Å²) in [5, 5.41) is 21.5. The fourth-order valence-electron chi connectivity index (χ4n) is 2.04. The van der Waals surface area contributed by atoms with Crippen molar-refractivity contribution in [3.63, 3.8) is 0 Å². The van der Waals surface area contributed by atoms with Crippen molar-refractivity contribution in [1.82, 2.24) is 4.90 Å². The maximum atomic E-state index is 12.1. The number of nitrogens with zero attached hydrogens (tertiary/aromatic N) is 1. The summed E-state index contributed by atoms with van der Waals surface area (Å²) in [6.45, 7) is -0.00688. The Morgan fingerprint density at radius 3 is 2.75 bits per heavy atom. The fourth-order valence-corrected chi connectivity index (χ4v) is 2.47. The second kappa shape index (κ2) is 5.99. The van der Waals surface area contributed by atoms with Crippen molar-refractivity contribution in [2.45, 2.75) is 18.6 Å². The molecular weight excluding hydrogens is 351 g/mol. The van der Waals surface area contributed by atoms with E-state index in [2.05, 4.69) is 21.2 Å². The van der Waals surface area contributed by atoms with Gasteiger partial charge >= 0.3 is 12.0 Å². The van der Waals surface area contributed by atoms with Gasteiger partial charge in [0.25, 0.3) is 0 Å². The first-order valence-corrected chi connectivity index (χ1v) is 6.99. The van der Waals surface area contributed by atoms with Gasteiger partial charge in [0.1, 0.15) is 6.04 Å². The van der Waals surface area contributed by atoms with E-state index in [0.29, 0.717) is 15.2 Å². The van der Waals surface area contributed by atoms with Crippen LogP contribution in [-0.4, -0.2) is 45.8 Å². The van der Waals surface area contributed by atoms with Gasteiger partial charge in [-0.05, 0) is 34.1 Å². The summed E-state index contributed by atoms with van der Waals surface area (Å²) in [7, 11) is 0. The zero-order valence-corrected chi connectivity index (χ0v) is 12.6. The number of β-amino-alcohol motifs (C(OH)–C–C–N with tert-alkyl or cyclic N) is 1. The largest absolute Gasteiger partial charge is 0.480 e. The molecule has 1 heterocycles. The maximum Gasteiger partial charge on any atom is 0.326 e. The molecule has 1 saturated heterocycles. The number of anilines is 1. The van der Waals surface area contributed by atoms with Crippen molar-refractivity contribution in [2.24, 2.45) is 0 Å². The highest BCUT2D eigenvalue weighted by Crippen LogP contribution is 2.26. The van der Waals surface area contributed by atoms with E-state index in [1.54, 1.807) is 18.2 Å². The van der Waals surface area contributed by atoms with Crippen LogP contribution >= 0.6 is 27.5 Å². The first kappa shape index (κ1) is 15.1. The standard InChI is InChI=1S/C12H12BrClN2O4/c13-8-2-1-6(3-9(8)14)15-12(20)16-5-7(17)4-10(16)11(18)19/h1-3,7,10,17H,4-5H2,(H,15,20)(H,18,19)/t7-,10-/m1/s1. The van der Waals surface area contributed by atoms with Crippen LogP contribution in [0.1, 0.15) is 6.42 Å². The summed E-state index contributed by atoms with van der Waals surface area (Å²) in [6, 6.07) is 3.26. The molecule has 2 amide bonds. The van der Waals surface area contributed by atoms with Crippen molar-refractivity contribution >= 4 is 45.2 Å². The van der Waals surface area contributed by atoms with Crippen LogP contribution in [0.25, 0.3) is 0 Å². The van der Waals surface area contributed by atoms with Gasteiger partial charge in [0, 0.05) is 23.1 Å². The van der Waals surface area contributed by atoms with Gasteiger partial charge in [0.2, 0.25) is 0 Å². The molecule has 6 nitrogen and oxygen atoms in total. The molecule has 0 spiro atoms. The van der Waals surface area contributed by atoms with Crippen LogP contribution in [0.4, 0.5) is 10.5 Å². The summed E-state index contributed by atoms with van der Waals surface area (Å²) in [4.78, 5) is 24.2. The summed E-state index contributed by atoms with van der Waals surface area (Å²) >= 11 is 9.15. The summed E-state index contributed by atoms with van der Waals surface area (Å²) in [5.74, 6) is -1.13. The number of aliphatic carboxylic acids is 1. The predicted molar refractivity (Wildman–Crippen MR) is 76.9 cm³/mol. The van der Waals surface area contributed by atoms with Crippen molar-refractivity contribution < 1.29 is 19.8 Å². The quantitative estimate of drug-likeness (QED) is 0.751. The summed E-state index contributed by atoms with van der Waals surface area (Å²) in [6.07, 6.45) is -0.792. The Morgan fingerprint density at radius 1 is 1.45 bits per heavy atom. The van der Waals surface area contributed by atoms with E-state index >= 15 is 0 Å². The molecular formula is C12H12BrClN2O4. The Kier molecular flexibility index (Phi) is 4.52. The lowest BCUT2D eigenvalue weighted by Crippen LogP contribution is -2.43. The third-order valence-electron chi connectivity index (χ3n) is 3.00. The van der Waals surface area contributed by atoms with Crippen LogP contribution in [-0.2, 0) is 4.79 Å². The summed E-state index contributed by atoms with van der Waals surface area (Å²) < 4.78 is 0.692. The number of carboxylic acid groups (broad SMARTS) is 1. The van der Waals surface area contributed by atoms with Crippen molar-refractivity contribution in [3.8, 4) is 0 Å². The smallest absolute Gasteiger partial charge is 0.326 e. The van der Waals surface area contributed by atoms with Crippen molar-refractivity contribution in [3.05, 3.63) is 27.7 Å². The highest BCUT2D eigenvalue weighted by Gasteiger charge is 2.38. The number of aliphatic hydroxyl groups is 1. The Balaban J connectivity index is 2.11. The highest BCUT2D eigenvalue weighted by molar-refractivity contribution is 9.10. The molecule has 0 saturated carbocycles. The normalized spacial score (nSPS) is 21.9. The average Bonchev–Trinajstić information content (AvgIpc) is 2.76. The van der Waals surface area contributed by atoms with Crippen LogP contribution in [0.5, 0.6) is 0 Å². The highest BCUT2D eigenvalue weighted by atomic mass is 79.9. The molecule has 1 fully saturated rings. The molecule has 20 heavy (non-hydrogen) atoms. The van der Waals surface area contributed by atoms with Crippen LogP contribution in [0, 0.1) is 0 Å².